The van der Waals surface area contributed by atoms with Gasteiger partial charge >= 0.3 is 29.6 Å². The van der Waals surface area contributed by atoms with Crippen molar-refractivity contribution in [3.63, 3.8) is 0 Å². The van der Waals surface area contributed by atoms with E-state index < -0.39 is 0 Å². The molecule has 2 rings (SSSR count). The van der Waals surface area contributed by atoms with Gasteiger partial charge in [0.1, 0.15) is 5.71 Å². The fraction of sp³-hybridized carbons (Fsp3) is 0.111. The van der Waals surface area contributed by atoms with Crippen LogP contribution in [-0.4, -0.2) is 25.9 Å². The molecule has 2 aromatic rings. The van der Waals surface area contributed by atoms with Crippen molar-refractivity contribution in [2.45, 2.75) is 0 Å². The van der Waals surface area contributed by atoms with Gasteiger partial charge in [0.25, 0.3) is 0 Å². The van der Waals surface area contributed by atoms with Gasteiger partial charge in [-0.05, 0) is 10.4 Å². The maximum atomic E-state index is 10.8. The van der Waals surface area contributed by atoms with Crippen LogP contribution in [0, 0.1) is 5.21 Å². The Labute approximate surface area is 114 Å². The summed E-state index contributed by atoms with van der Waals surface area (Å²) in [6.45, 7) is 0. The van der Waals surface area contributed by atoms with Crippen molar-refractivity contribution in [1.82, 2.24) is 20.2 Å². The number of hydrogen-bond donors (Lipinski definition) is 0. The molecule has 1 aromatic carbocycles. The van der Waals surface area contributed by atoms with Crippen LogP contribution in [0.4, 0.5) is 0 Å². The molecule has 0 aliphatic carbocycles. The van der Waals surface area contributed by atoms with Crippen LogP contribution < -0.4 is 29.6 Å². The Morgan fingerprint density at radius 3 is 2.50 bits per heavy atom. The second-order valence-electron chi connectivity index (χ2n) is 2.93. The number of aromatic nitrogens is 4. The van der Waals surface area contributed by atoms with Gasteiger partial charge in [-0.15, -0.1) is 5.10 Å². The molecule has 0 unspecified atom stereocenters. The van der Waals surface area contributed by atoms with E-state index in [2.05, 4.69) is 20.7 Å². The summed E-state index contributed by atoms with van der Waals surface area (Å²) in [5.41, 5.74) is 0.938. The molecule has 0 saturated carbocycles. The molecule has 0 saturated heterocycles. The van der Waals surface area contributed by atoms with Crippen molar-refractivity contribution in [3.8, 4) is 0 Å². The van der Waals surface area contributed by atoms with Crippen molar-refractivity contribution < 1.29 is 29.6 Å². The number of aryl methyl sites for hydroxylation is 1. The zero-order chi connectivity index (χ0) is 10.7. The largest absolute Gasteiger partial charge is 1.00 e. The van der Waals surface area contributed by atoms with Crippen LogP contribution >= 0.6 is 0 Å². The Bertz CT molecular complexity index is 482. The number of nitrogens with zero attached hydrogens (tertiary/aromatic N) is 5. The first-order chi connectivity index (χ1) is 7.33. The topological polar surface area (TPSA) is 79.0 Å². The molecule has 0 spiro atoms. The third kappa shape index (κ3) is 2.46. The Kier molecular flexibility index (Phi) is 4.60. The van der Waals surface area contributed by atoms with Gasteiger partial charge in [-0.1, -0.05) is 30.3 Å². The Balaban J connectivity index is 0.00000128. The summed E-state index contributed by atoms with van der Waals surface area (Å²) >= 11 is 0. The predicted molar refractivity (Wildman–Crippen MR) is 54.2 cm³/mol. The maximum absolute atomic E-state index is 10.8. The van der Waals surface area contributed by atoms with Crippen LogP contribution in [0.15, 0.2) is 35.5 Å². The monoisotopic (exact) mass is 225 g/mol. The van der Waals surface area contributed by atoms with Crippen molar-refractivity contribution in [2.75, 3.05) is 0 Å². The summed E-state index contributed by atoms with van der Waals surface area (Å²) in [6.07, 6.45) is 0. The van der Waals surface area contributed by atoms with Crippen LogP contribution in [-0.2, 0) is 7.05 Å². The molecule has 0 fully saturated rings. The van der Waals surface area contributed by atoms with Crippen molar-refractivity contribution in [3.05, 3.63) is 46.9 Å². The molecule has 0 aliphatic heterocycles. The summed E-state index contributed by atoms with van der Waals surface area (Å²) in [5.74, 6) is 0.358. The van der Waals surface area contributed by atoms with Crippen LogP contribution in [0.5, 0.6) is 0 Å². The quantitative estimate of drug-likeness (QED) is 0.323. The molecule has 0 aliphatic rings. The summed E-state index contributed by atoms with van der Waals surface area (Å²) in [5, 5.41) is 24.6. The van der Waals surface area contributed by atoms with Gasteiger partial charge in [0.2, 0.25) is 0 Å². The van der Waals surface area contributed by atoms with Gasteiger partial charge in [-0.2, -0.15) is 0 Å². The molecule has 1 heterocycles. The second kappa shape index (κ2) is 5.74. The van der Waals surface area contributed by atoms with E-state index in [4.69, 9.17) is 0 Å². The van der Waals surface area contributed by atoms with Crippen LogP contribution in [0.25, 0.3) is 0 Å². The molecule has 0 atom stereocenters. The Morgan fingerprint density at radius 1 is 1.31 bits per heavy atom. The van der Waals surface area contributed by atoms with Gasteiger partial charge in [-0.25, -0.2) is 4.68 Å². The van der Waals surface area contributed by atoms with E-state index in [9.17, 15) is 5.21 Å². The number of hydrogen-bond acceptors (Lipinski definition) is 5. The van der Waals surface area contributed by atoms with Crippen LogP contribution in [0.2, 0.25) is 0 Å². The summed E-state index contributed by atoms with van der Waals surface area (Å²) < 4.78 is 1.41. The number of benzene rings is 1. The third-order valence-corrected chi connectivity index (χ3v) is 1.97. The first-order valence-corrected chi connectivity index (χ1v) is 4.31. The molecular weight excluding hydrogens is 217 g/mol. The van der Waals surface area contributed by atoms with Crippen molar-refractivity contribution >= 4 is 5.71 Å². The van der Waals surface area contributed by atoms with E-state index >= 15 is 0 Å². The molecule has 0 amide bonds. The summed E-state index contributed by atoms with van der Waals surface area (Å²) in [6, 6.07) is 9.08. The third-order valence-electron chi connectivity index (χ3n) is 1.97. The zero-order valence-electron chi connectivity index (χ0n) is 9.03. The average Bonchev–Trinajstić information content (AvgIpc) is 2.68. The normalized spacial score (nSPS) is 10.9. The first-order valence-electron chi connectivity index (χ1n) is 4.31. The van der Waals surface area contributed by atoms with E-state index in [0.717, 1.165) is 0 Å². The molecule has 0 radical (unpaired) electrons. The van der Waals surface area contributed by atoms with Gasteiger partial charge in [0.15, 0.2) is 5.82 Å². The predicted octanol–water partition coefficient (Wildman–Crippen LogP) is -2.45. The fourth-order valence-corrected chi connectivity index (χ4v) is 1.25. The smallest absolute Gasteiger partial charge is 0.791 e. The molecule has 76 valence electrons. The standard InChI is InChI=1S/C9H9N5O.Na/c1-14-9(10-12-13-14)8(11-15)7-5-3-2-4-6-7;/h2-6,15H,1H3;/q;+1/p-1/b11-8+;. The molecule has 16 heavy (non-hydrogen) atoms. The number of rotatable bonds is 2. The molecule has 0 bridgehead atoms. The van der Waals surface area contributed by atoms with Crippen molar-refractivity contribution in [2.24, 2.45) is 12.2 Å². The van der Waals surface area contributed by atoms with Gasteiger partial charge in [-0.3, -0.25) is 0 Å². The fourth-order valence-electron chi connectivity index (χ4n) is 1.25. The number of tetrazole rings is 1. The first kappa shape index (κ1) is 12.8. The minimum Gasteiger partial charge on any atom is -0.791 e. The zero-order valence-corrected chi connectivity index (χ0v) is 11.0. The van der Waals surface area contributed by atoms with Gasteiger partial charge in [0.05, 0.1) is 0 Å². The second-order valence-corrected chi connectivity index (χ2v) is 2.93. The van der Waals surface area contributed by atoms with E-state index in [1.165, 1.54) is 4.68 Å². The molecule has 7 heteroatoms. The Hall–Kier alpha value is -1.24. The van der Waals surface area contributed by atoms with Crippen LogP contribution in [0.1, 0.15) is 11.4 Å². The maximum Gasteiger partial charge on any atom is 1.00 e. The average molecular weight is 225 g/mol. The van der Waals surface area contributed by atoms with E-state index in [1.54, 1.807) is 19.2 Å². The SMILES string of the molecule is Cn1nnnc1/C(=N/[O-])c1ccccc1.[Na+]. The van der Waals surface area contributed by atoms with Gasteiger partial charge in [0, 0.05) is 12.6 Å². The van der Waals surface area contributed by atoms with Crippen LogP contribution in [0.3, 0.4) is 0 Å². The summed E-state index contributed by atoms with van der Waals surface area (Å²) in [7, 11) is 1.66. The molecule has 6 nitrogen and oxygen atoms in total. The molecule has 1 aromatic heterocycles. The van der Waals surface area contributed by atoms with E-state index in [1.807, 2.05) is 18.2 Å². The van der Waals surface area contributed by atoms with Crippen molar-refractivity contribution in [1.29, 1.82) is 0 Å². The molecule has 0 N–H and O–H groups in total. The molecular formula is C9H8N5NaO. The Morgan fingerprint density at radius 2 is 2.00 bits per heavy atom. The van der Waals surface area contributed by atoms with E-state index in [-0.39, 0.29) is 35.3 Å². The van der Waals surface area contributed by atoms with Gasteiger partial charge < -0.3 is 10.4 Å². The summed E-state index contributed by atoms with van der Waals surface area (Å²) in [4.78, 5) is 0. The minimum atomic E-state index is 0. The minimum absolute atomic E-state index is 0. The van der Waals surface area contributed by atoms with E-state index in [0.29, 0.717) is 11.4 Å².